The van der Waals surface area contributed by atoms with E-state index in [1.54, 1.807) is 122 Å². The van der Waals surface area contributed by atoms with E-state index in [9.17, 15) is 19.2 Å². The Morgan fingerprint density at radius 2 is 0.596 bits per heavy atom. The number of benzene rings is 2. The van der Waals surface area contributed by atoms with E-state index in [-0.39, 0.29) is 125 Å². The van der Waals surface area contributed by atoms with Crippen molar-refractivity contribution in [1.82, 2.24) is 19.9 Å². The van der Waals surface area contributed by atoms with Crippen LogP contribution in [0.4, 0.5) is 0 Å². The van der Waals surface area contributed by atoms with Gasteiger partial charge in [0.15, 0.2) is 23.7 Å². The Kier molecular flexibility index (Phi) is 43.4. The van der Waals surface area contributed by atoms with Crippen LogP contribution in [0.3, 0.4) is 0 Å². The van der Waals surface area contributed by atoms with Crippen molar-refractivity contribution < 1.29 is 129 Å². The van der Waals surface area contributed by atoms with E-state index in [1.807, 2.05) is 12.1 Å². The molecule has 0 aliphatic heterocycles. The van der Waals surface area contributed by atoms with Crippen molar-refractivity contribution in [3.63, 3.8) is 0 Å². The van der Waals surface area contributed by atoms with Crippen molar-refractivity contribution in [1.29, 1.82) is 0 Å². The van der Waals surface area contributed by atoms with Crippen molar-refractivity contribution in [3.8, 4) is 58.9 Å². The zero-order valence-electron chi connectivity index (χ0n) is 46.8. The van der Waals surface area contributed by atoms with E-state index in [4.69, 9.17) is 59.1 Å². The molecule has 0 aliphatic rings. The first-order valence-electron chi connectivity index (χ1n) is 24.4. The number of ether oxygens (including phenoxy) is 6. The number of carbonyl (C=O) groups excluding carboxylic acids is 4. The fourth-order valence-electron chi connectivity index (χ4n) is 5.75. The van der Waals surface area contributed by atoms with Crippen molar-refractivity contribution in [2.24, 2.45) is 0 Å². The zero-order valence-corrected chi connectivity index (χ0v) is 51.4. The molecule has 4 heterocycles. The molecule has 0 aliphatic carbocycles. The van der Waals surface area contributed by atoms with Gasteiger partial charge in [-0.2, -0.15) is 0 Å². The minimum atomic E-state index is -1.50. The third kappa shape index (κ3) is 34.7. The summed E-state index contributed by atoms with van der Waals surface area (Å²) in [5.74, 6) is 23.2. The molecular weight excluding hydrogens is 1430 g/mol. The van der Waals surface area contributed by atoms with Gasteiger partial charge in [-0.15, -0.1) is 20.2 Å². The van der Waals surface area contributed by atoms with Crippen LogP contribution in [0, 0.1) is 67.6 Å². The Labute approximate surface area is 557 Å². The summed E-state index contributed by atoms with van der Waals surface area (Å²) in [4.78, 5) is 80.9. The second-order valence-corrected chi connectivity index (χ2v) is 16.8. The number of nitrogens with zero attached hydrogens (tertiary/aromatic N) is 6. The van der Waals surface area contributed by atoms with E-state index in [0.29, 0.717) is 33.8 Å². The third-order valence-electron chi connectivity index (χ3n) is 9.68. The Balaban J connectivity index is -0.00000141. The number of hydrogen-bond acceptors (Lipinski definition) is 18. The maximum absolute atomic E-state index is 12.0. The molecule has 89 heavy (non-hydrogen) atoms. The molecule has 2 aromatic carbocycles. The quantitative estimate of drug-likeness (QED) is 0.0173. The predicted molar refractivity (Wildman–Crippen MR) is 317 cm³/mol. The molecule has 0 unspecified atom stereocenters. The summed E-state index contributed by atoms with van der Waals surface area (Å²) in [7, 11) is 0. The molecule has 0 spiro atoms. The van der Waals surface area contributed by atoms with Crippen molar-refractivity contribution in [3.05, 3.63) is 248 Å². The van der Waals surface area contributed by atoms with Gasteiger partial charge in [-0.25, -0.2) is 19.2 Å². The van der Waals surface area contributed by atoms with Gasteiger partial charge in [0.05, 0.1) is 22.3 Å². The zero-order chi connectivity index (χ0) is 61.8. The van der Waals surface area contributed by atoms with Crippen LogP contribution in [-0.4, -0.2) is 103 Å². The average Bonchev–Trinajstić information content (AvgIpc) is 2.62. The van der Waals surface area contributed by atoms with Crippen LogP contribution in [0.2, 0.25) is 0 Å². The van der Waals surface area contributed by atoms with Gasteiger partial charge in [-0.05, 0) is 100 Å². The summed E-state index contributed by atoms with van der Waals surface area (Å²) in [6, 6.07) is 25.1. The maximum atomic E-state index is 12.0. The molecule has 0 atom stereocenters. The Bertz CT molecular complexity index is 3130. The number of hydrogen-bond donors (Lipinski definition) is 2. The first kappa shape index (κ1) is 83.3. The SMILES string of the molecule is C.C.C=C(C)C(=O)OCC(COC(=O)C(=C)C)Oc1c(C#Cc2ccncc2)cccc1C#Cc1ccncc1.C=C(C)C(=O)OCC(COC(=O)C(=C)C)Oc1c(C#Cc2ccncc2)cccc1C#Cc1ccncc1.O=[N+]([O-])O.O=[N+]([O-])O.[Pd].[Pd].[Pd]. The topological polar surface area (TPSA) is 302 Å². The van der Waals surface area contributed by atoms with Crippen LogP contribution >= 0.6 is 0 Å². The summed E-state index contributed by atoms with van der Waals surface area (Å²) in [6.45, 7) is 19.7. The molecule has 2 N–H and O–H groups in total. The summed E-state index contributed by atoms with van der Waals surface area (Å²) < 4.78 is 33.8. The molecule has 6 aromatic rings. The van der Waals surface area contributed by atoms with E-state index in [0.717, 1.165) is 22.3 Å². The molecule has 0 fully saturated rings. The van der Waals surface area contributed by atoms with Gasteiger partial charge in [0, 0.05) is 155 Å². The molecule has 4 aromatic heterocycles. The molecule has 22 nitrogen and oxygen atoms in total. The van der Waals surface area contributed by atoms with Gasteiger partial charge in [0.2, 0.25) is 0 Å². The molecule has 0 radical (unpaired) electrons. The smallest absolute Gasteiger partial charge is 0.333 e. The van der Waals surface area contributed by atoms with Crippen molar-refractivity contribution in [2.45, 2.75) is 54.8 Å². The first-order chi connectivity index (χ1) is 40.1. The molecule has 0 amide bonds. The molecular formula is C64H62N6O16Pd3. The number of aromatic nitrogens is 4. The van der Waals surface area contributed by atoms with Gasteiger partial charge in [-0.1, -0.05) is 101 Å². The summed E-state index contributed by atoms with van der Waals surface area (Å²) >= 11 is 0. The van der Waals surface area contributed by atoms with Crippen LogP contribution < -0.4 is 9.47 Å². The Morgan fingerprint density at radius 1 is 0.416 bits per heavy atom. The van der Waals surface area contributed by atoms with Gasteiger partial charge >= 0.3 is 23.9 Å². The first-order valence-corrected chi connectivity index (χ1v) is 24.4. The molecule has 0 saturated heterocycles. The number of pyridine rings is 4. The summed E-state index contributed by atoms with van der Waals surface area (Å²) in [6.07, 6.45) is 11.5. The van der Waals surface area contributed by atoms with Crippen LogP contribution in [0.15, 0.2) is 183 Å². The van der Waals surface area contributed by atoms with Gasteiger partial charge in [0.25, 0.3) is 10.2 Å². The Hall–Kier alpha value is -9.89. The average molecular weight is 1490 g/mol. The molecule has 474 valence electrons. The molecule has 0 bridgehead atoms. The van der Waals surface area contributed by atoms with Gasteiger partial charge in [-0.3, -0.25) is 19.9 Å². The second kappa shape index (κ2) is 46.3. The van der Waals surface area contributed by atoms with Crippen LogP contribution in [0.1, 0.15) is 87.1 Å². The maximum Gasteiger partial charge on any atom is 0.333 e. The van der Waals surface area contributed by atoms with Gasteiger partial charge in [0.1, 0.15) is 26.4 Å². The van der Waals surface area contributed by atoms with Gasteiger partial charge < -0.3 is 38.8 Å². The second-order valence-electron chi connectivity index (χ2n) is 16.8. The number of carbonyl (C=O) groups is 4. The number of rotatable bonds is 16. The van der Waals surface area contributed by atoms with Crippen LogP contribution in [0.5, 0.6) is 11.5 Å². The summed E-state index contributed by atoms with van der Waals surface area (Å²) in [5, 5.41) is 27.3. The van der Waals surface area contributed by atoms with E-state index < -0.39 is 46.3 Å². The number of esters is 4. The Morgan fingerprint density at radius 3 is 0.764 bits per heavy atom. The number of para-hydroxylation sites is 2. The minimum absolute atomic E-state index is 0. The third-order valence-corrected chi connectivity index (χ3v) is 9.68. The fraction of sp³-hybridized carbons (Fsp3) is 0.188. The van der Waals surface area contributed by atoms with E-state index in [1.165, 1.54) is 27.7 Å². The molecule has 25 heteroatoms. The monoisotopic (exact) mass is 1490 g/mol. The largest absolute Gasteiger partial charge is 0.481 e. The van der Waals surface area contributed by atoms with E-state index in [2.05, 4.69) is 93.6 Å². The van der Waals surface area contributed by atoms with Crippen LogP contribution in [-0.2, 0) is 99.4 Å². The standard InChI is InChI=1S/2C31H26N2O5.2CH4.2HNO3.3Pd/c2*1-22(2)30(34)36-20-28(21-37-31(35)23(3)4)38-29-26(10-8-24-12-16-32-17-13-24)6-5-7-27(29)11-9-25-14-18-33-19-15-25;;;2*2-1(3)4;;;/h2*5-7,12-19,28H,1,3,20-21H2,2,4H3;2*1H4;2*(H,2,3,4);;;. The minimum Gasteiger partial charge on any atom is -0.481 e. The predicted octanol–water partition coefficient (Wildman–Crippen LogP) is 9.09. The van der Waals surface area contributed by atoms with E-state index >= 15 is 0 Å². The molecule has 6 rings (SSSR count). The normalized spacial score (nSPS) is 8.88. The summed E-state index contributed by atoms with van der Waals surface area (Å²) in [5.41, 5.74) is 6.18. The molecule has 0 saturated carbocycles. The van der Waals surface area contributed by atoms with Crippen molar-refractivity contribution in [2.75, 3.05) is 26.4 Å². The fourth-order valence-corrected chi connectivity index (χ4v) is 5.75. The van der Waals surface area contributed by atoms with Crippen LogP contribution in [0.25, 0.3) is 0 Å². The van der Waals surface area contributed by atoms with Crippen molar-refractivity contribution >= 4 is 23.9 Å².